The first kappa shape index (κ1) is 14.0. The van der Waals surface area contributed by atoms with Crippen LogP contribution in [0.1, 0.15) is 0 Å². The average Bonchev–Trinajstić information content (AvgIpc) is 2.48. The van der Waals surface area contributed by atoms with E-state index in [-0.39, 0.29) is 15.2 Å². The molecule has 100 valence electrons. The van der Waals surface area contributed by atoms with Crippen LogP contribution in [0.2, 0.25) is 20.2 Å². The number of hydrogen-bond donors (Lipinski definition) is 0. The lowest BCUT2D eigenvalue weighted by Crippen LogP contribution is -1.90. The van der Waals surface area contributed by atoms with Crippen LogP contribution in [-0.2, 0) is 0 Å². The fourth-order valence-corrected chi connectivity index (χ4v) is 2.93. The van der Waals surface area contributed by atoms with Gasteiger partial charge in [-0.1, -0.05) is 88.9 Å². The topological polar surface area (TPSA) is 12.9 Å². The van der Waals surface area contributed by atoms with E-state index in [1.807, 2.05) is 42.5 Å². The van der Waals surface area contributed by atoms with Crippen molar-refractivity contribution in [2.24, 2.45) is 0 Å². The minimum absolute atomic E-state index is 0.143. The van der Waals surface area contributed by atoms with Crippen molar-refractivity contribution in [3.63, 3.8) is 0 Å². The van der Waals surface area contributed by atoms with E-state index in [0.29, 0.717) is 10.7 Å². The highest BCUT2D eigenvalue weighted by Crippen LogP contribution is 2.41. The van der Waals surface area contributed by atoms with Crippen molar-refractivity contribution in [3.8, 4) is 11.3 Å². The Labute approximate surface area is 136 Å². The summed E-state index contributed by atoms with van der Waals surface area (Å²) < 4.78 is 0. The fourth-order valence-electron chi connectivity index (χ4n) is 2.10. The summed E-state index contributed by atoms with van der Waals surface area (Å²) >= 11 is 24.3. The molecule has 0 aliphatic heterocycles. The molecule has 0 spiro atoms. The van der Waals surface area contributed by atoms with Gasteiger partial charge in [0.2, 0.25) is 0 Å². The number of fused-ring (bicyclic) bond motifs is 1. The van der Waals surface area contributed by atoms with Crippen LogP contribution in [0.25, 0.3) is 22.0 Å². The summed E-state index contributed by atoms with van der Waals surface area (Å²) in [4.78, 5) is 4.27. The van der Waals surface area contributed by atoms with E-state index in [0.717, 1.165) is 16.3 Å². The lowest BCUT2D eigenvalue weighted by molar-refractivity contribution is 1.33. The highest BCUT2D eigenvalue weighted by molar-refractivity contribution is 6.52. The van der Waals surface area contributed by atoms with Crippen LogP contribution in [0.3, 0.4) is 0 Å². The van der Waals surface area contributed by atoms with Gasteiger partial charge in [0.05, 0.1) is 20.8 Å². The Morgan fingerprint density at radius 1 is 0.700 bits per heavy atom. The Morgan fingerprint density at radius 3 is 2.20 bits per heavy atom. The Balaban J connectivity index is 2.37. The van der Waals surface area contributed by atoms with Crippen LogP contribution in [0.5, 0.6) is 0 Å². The Bertz CT molecular complexity index is 809. The van der Waals surface area contributed by atoms with Crippen molar-refractivity contribution >= 4 is 57.2 Å². The maximum atomic E-state index is 6.27. The van der Waals surface area contributed by atoms with Crippen molar-refractivity contribution in [1.82, 2.24) is 4.98 Å². The molecule has 1 aromatic heterocycles. The average molecular weight is 343 g/mol. The summed E-state index contributed by atoms with van der Waals surface area (Å²) in [6.07, 6.45) is 0. The van der Waals surface area contributed by atoms with Crippen LogP contribution < -0.4 is 0 Å². The predicted octanol–water partition coefficient (Wildman–Crippen LogP) is 6.52. The maximum Gasteiger partial charge on any atom is 0.149 e. The van der Waals surface area contributed by atoms with Gasteiger partial charge in [-0.3, -0.25) is 0 Å². The SMILES string of the molecule is Clc1nc(-c2cccc3ccccc23)c(Cl)c(Cl)c1Cl. The third kappa shape index (κ3) is 2.25. The van der Waals surface area contributed by atoms with E-state index in [4.69, 9.17) is 46.4 Å². The first-order valence-electron chi connectivity index (χ1n) is 5.77. The van der Waals surface area contributed by atoms with Crippen molar-refractivity contribution in [2.45, 2.75) is 0 Å². The van der Waals surface area contributed by atoms with Crippen LogP contribution in [0.15, 0.2) is 42.5 Å². The van der Waals surface area contributed by atoms with Crippen molar-refractivity contribution in [3.05, 3.63) is 62.7 Å². The van der Waals surface area contributed by atoms with Crippen LogP contribution in [0, 0.1) is 0 Å². The van der Waals surface area contributed by atoms with Gasteiger partial charge < -0.3 is 0 Å². The lowest BCUT2D eigenvalue weighted by Gasteiger charge is -2.10. The fraction of sp³-hybridized carbons (Fsp3) is 0. The summed E-state index contributed by atoms with van der Waals surface area (Å²) in [5.74, 6) is 0. The first-order chi connectivity index (χ1) is 9.59. The normalized spacial score (nSPS) is 11.0. The molecule has 5 heteroatoms. The predicted molar refractivity (Wildman–Crippen MR) is 87.2 cm³/mol. The molecule has 0 aliphatic rings. The van der Waals surface area contributed by atoms with E-state index in [9.17, 15) is 0 Å². The van der Waals surface area contributed by atoms with E-state index in [1.54, 1.807) is 0 Å². The molecule has 0 aliphatic carbocycles. The Hall–Kier alpha value is -0.990. The first-order valence-corrected chi connectivity index (χ1v) is 7.29. The van der Waals surface area contributed by atoms with Gasteiger partial charge in [0.1, 0.15) is 5.15 Å². The van der Waals surface area contributed by atoms with Crippen LogP contribution in [0.4, 0.5) is 0 Å². The van der Waals surface area contributed by atoms with Crippen molar-refractivity contribution < 1.29 is 0 Å². The minimum atomic E-state index is 0.143. The Kier molecular flexibility index (Phi) is 3.78. The molecule has 0 saturated heterocycles. The second-order valence-corrected chi connectivity index (χ2v) is 5.71. The van der Waals surface area contributed by atoms with E-state index < -0.39 is 0 Å². The zero-order valence-electron chi connectivity index (χ0n) is 10.0. The molecule has 2 aromatic carbocycles. The van der Waals surface area contributed by atoms with Gasteiger partial charge >= 0.3 is 0 Å². The van der Waals surface area contributed by atoms with Crippen LogP contribution in [-0.4, -0.2) is 4.98 Å². The zero-order chi connectivity index (χ0) is 14.3. The van der Waals surface area contributed by atoms with Gasteiger partial charge in [-0.05, 0) is 10.8 Å². The van der Waals surface area contributed by atoms with E-state index >= 15 is 0 Å². The second kappa shape index (κ2) is 5.42. The summed E-state index contributed by atoms with van der Waals surface area (Å²) in [5, 5.41) is 2.95. The molecule has 0 N–H and O–H groups in total. The third-order valence-electron chi connectivity index (χ3n) is 3.03. The molecule has 0 atom stereocenters. The monoisotopic (exact) mass is 341 g/mol. The number of halogens is 4. The highest BCUT2D eigenvalue weighted by atomic mass is 35.5. The number of pyridine rings is 1. The number of benzene rings is 2. The third-order valence-corrected chi connectivity index (χ3v) is 4.71. The largest absolute Gasteiger partial charge is 0.233 e. The minimum Gasteiger partial charge on any atom is -0.233 e. The molecular formula is C15H7Cl4N. The van der Waals surface area contributed by atoms with E-state index in [2.05, 4.69) is 4.98 Å². The van der Waals surface area contributed by atoms with Gasteiger partial charge in [-0.2, -0.15) is 0 Å². The molecular weight excluding hydrogens is 336 g/mol. The molecule has 1 heterocycles. The molecule has 3 aromatic rings. The molecule has 0 radical (unpaired) electrons. The van der Waals surface area contributed by atoms with Crippen molar-refractivity contribution in [2.75, 3.05) is 0 Å². The number of nitrogens with zero attached hydrogens (tertiary/aromatic N) is 1. The summed E-state index contributed by atoms with van der Waals surface area (Å²) in [7, 11) is 0. The molecule has 3 rings (SSSR count). The number of rotatable bonds is 1. The maximum absolute atomic E-state index is 6.27. The summed E-state index contributed by atoms with van der Waals surface area (Å²) in [5.41, 5.74) is 1.40. The molecule has 0 unspecified atom stereocenters. The van der Waals surface area contributed by atoms with Gasteiger partial charge in [0, 0.05) is 5.56 Å². The lowest BCUT2D eigenvalue weighted by atomic mass is 10.0. The molecule has 0 fully saturated rings. The van der Waals surface area contributed by atoms with Gasteiger partial charge in [0.15, 0.2) is 0 Å². The number of aromatic nitrogens is 1. The van der Waals surface area contributed by atoms with Gasteiger partial charge in [0.25, 0.3) is 0 Å². The summed E-state index contributed by atoms with van der Waals surface area (Å²) in [6, 6.07) is 13.8. The van der Waals surface area contributed by atoms with Crippen molar-refractivity contribution in [1.29, 1.82) is 0 Å². The molecule has 0 amide bonds. The molecule has 20 heavy (non-hydrogen) atoms. The number of hydrogen-bond acceptors (Lipinski definition) is 1. The van der Waals surface area contributed by atoms with Gasteiger partial charge in [-0.15, -0.1) is 0 Å². The standard InChI is InChI=1S/C15H7Cl4N/c16-11-12(17)14(20-15(19)13(11)18)10-7-3-5-8-4-1-2-6-9(8)10/h1-7H. The molecule has 1 nitrogen and oxygen atoms in total. The summed E-state index contributed by atoms with van der Waals surface area (Å²) in [6.45, 7) is 0. The Morgan fingerprint density at radius 2 is 1.40 bits per heavy atom. The van der Waals surface area contributed by atoms with Crippen LogP contribution >= 0.6 is 46.4 Å². The molecule has 0 saturated carbocycles. The van der Waals surface area contributed by atoms with Gasteiger partial charge in [-0.25, -0.2) is 4.98 Å². The quantitative estimate of drug-likeness (QED) is 0.459. The smallest absolute Gasteiger partial charge is 0.149 e. The van der Waals surface area contributed by atoms with E-state index in [1.165, 1.54) is 0 Å². The highest BCUT2D eigenvalue weighted by Gasteiger charge is 2.17. The second-order valence-electron chi connectivity index (χ2n) is 4.22. The molecule has 0 bridgehead atoms. The zero-order valence-corrected chi connectivity index (χ0v) is 13.0.